The molecule has 0 bridgehead atoms. The second kappa shape index (κ2) is 6.61. The van der Waals surface area contributed by atoms with Crippen molar-refractivity contribution in [3.8, 4) is 0 Å². The number of aliphatic hydroxyl groups excluding tert-OH is 1. The van der Waals surface area contributed by atoms with Crippen molar-refractivity contribution in [1.29, 1.82) is 0 Å². The zero-order valence-corrected chi connectivity index (χ0v) is 12.7. The van der Waals surface area contributed by atoms with Gasteiger partial charge < -0.3 is 15.7 Å². The van der Waals surface area contributed by atoms with E-state index in [1.807, 2.05) is 0 Å². The summed E-state index contributed by atoms with van der Waals surface area (Å²) in [4.78, 5) is 4.34. The van der Waals surface area contributed by atoms with Crippen LogP contribution < -0.4 is 15.8 Å². The summed E-state index contributed by atoms with van der Waals surface area (Å²) in [6.07, 6.45) is 0.983. The van der Waals surface area contributed by atoms with E-state index in [1.165, 1.54) is 6.07 Å². The molecule has 0 amide bonds. The Labute approximate surface area is 125 Å². The molecule has 1 aromatic carbocycles. The Morgan fingerprint density at radius 2 is 1.95 bits per heavy atom. The van der Waals surface area contributed by atoms with Crippen LogP contribution in [0.1, 0.15) is 6.42 Å². The minimum Gasteiger partial charge on any atom is -0.398 e. The standard InChI is InChI=1S/C13H22N4O3S/c14-12-10-11(2-3-13(12)21(15,19)20)17-5-1-4-16(6-7-17)8-9-18/h2-3,10,18H,1,4-9,14H2,(H2,15,19,20). The van der Waals surface area contributed by atoms with Gasteiger partial charge in [0, 0.05) is 31.9 Å². The Bertz CT molecular complexity index is 591. The molecule has 1 saturated heterocycles. The number of hydrogen-bond donors (Lipinski definition) is 3. The van der Waals surface area contributed by atoms with Crippen LogP contribution >= 0.6 is 0 Å². The smallest absolute Gasteiger partial charge is 0.240 e. The first kappa shape index (κ1) is 16.0. The van der Waals surface area contributed by atoms with Gasteiger partial charge in [0.15, 0.2) is 0 Å². The van der Waals surface area contributed by atoms with Crippen molar-refractivity contribution in [3.63, 3.8) is 0 Å². The van der Waals surface area contributed by atoms with Crippen LogP contribution in [0.15, 0.2) is 23.1 Å². The van der Waals surface area contributed by atoms with Gasteiger partial charge in [0.05, 0.1) is 12.3 Å². The molecule has 7 nitrogen and oxygen atoms in total. The van der Waals surface area contributed by atoms with Crippen molar-refractivity contribution in [2.45, 2.75) is 11.3 Å². The van der Waals surface area contributed by atoms with Crippen molar-refractivity contribution in [1.82, 2.24) is 4.90 Å². The molecule has 0 unspecified atom stereocenters. The monoisotopic (exact) mass is 314 g/mol. The number of benzene rings is 1. The van der Waals surface area contributed by atoms with Crippen LogP contribution in [0.5, 0.6) is 0 Å². The SMILES string of the molecule is Nc1cc(N2CCCN(CCO)CC2)ccc1S(N)(=O)=O. The quantitative estimate of drug-likeness (QED) is 0.641. The van der Waals surface area contributed by atoms with Gasteiger partial charge in [-0.05, 0) is 31.2 Å². The lowest BCUT2D eigenvalue weighted by Gasteiger charge is -2.24. The van der Waals surface area contributed by atoms with Gasteiger partial charge in [0.2, 0.25) is 10.0 Å². The molecule has 2 rings (SSSR count). The average Bonchev–Trinajstić information content (AvgIpc) is 2.63. The zero-order valence-electron chi connectivity index (χ0n) is 11.9. The summed E-state index contributed by atoms with van der Waals surface area (Å²) in [6, 6.07) is 4.84. The van der Waals surface area contributed by atoms with E-state index in [0.29, 0.717) is 6.54 Å². The van der Waals surface area contributed by atoms with Crippen molar-refractivity contribution >= 4 is 21.4 Å². The maximum absolute atomic E-state index is 11.4. The fourth-order valence-corrected chi connectivity index (χ4v) is 3.23. The number of nitrogens with two attached hydrogens (primary N) is 2. The zero-order chi connectivity index (χ0) is 15.5. The van der Waals surface area contributed by atoms with Crippen LogP contribution in [-0.4, -0.2) is 57.8 Å². The highest BCUT2D eigenvalue weighted by atomic mass is 32.2. The Kier molecular flexibility index (Phi) is 5.04. The molecule has 0 aromatic heterocycles. The number of aliphatic hydroxyl groups is 1. The first-order valence-electron chi connectivity index (χ1n) is 6.92. The number of anilines is 2. The molecule has 1 fully saturated rings. The lowest BCUT2D eigenvalue weighted by atomic mass is 10.2. The minimum absolute atomic E-state index is 0.0389. The number of rotatable bonds is 4. The molecule has 0 atom stereocenters. The molecule has 0 aliphatic carbocycles. The van der Waals surface area contributed by atoms with E-state index in [4.69, 9.17) is 16.0 Å². The lowest BCUT2D eigenvalue weighted by molar-refractivity contribution is 0.204. The van der Waals surface area contributed by atoms with Crippen LogP contribution in [0.2, 0.25) is 0 Å². The molecule has 1 heterocycles. The number of β-amino-alcohol motifs (C(OH)–C–C–N with tert-alkyl or cyclic N) is 1. The molecular formula is C13H22N4O3S. The van der Waals surface area contributed by atoms with Gasteiger partial charge in [-0.15, -0.1) is 0 Å². The Hall–Kier alpha value is -1.35. The van der Waals surface area contributed by atoms with Crippen LogP contribution in [0.4, 0.5) is 11.4 Å². The molecule has 118 valence electrons. The topological polar surface area (TPSA) is 113 Å². The van der Waals surface area contributed by atoms with Gasteiger partial charge in [-0.3, -0.25) is 4.90 Å². The molecule has 21 heavy (non-hydrogen) atoms. The second-order valence-corrected chi connectivity index (χ2v) is 6.70. The number of nitrogen functional groups attached to an aromatic ring is 1. The summed E-state index contributed by atoms with van der Waals surface area (Å²) >= 11 is 0. The van der Waals surface area contributed by atoms with Crippen LogP contribution in [0.3, 0.4) is 0 Å². The fourth-order valence-electron chi connectivity index (χ4n) is 2.59. The van der Waals surface area contributed by atoms with Gasteiger partial charge >= 0.3 is 0 Å². The van der Waals surface area contributed by atoms with Crippen molar-refractivity contribution in [2.24, 2.45) is 5.14 Å². The van der Waals surface area contributed by atoms with Gasteiger partial charge in [0.25, 0.3) is 0 Å². The van der Waals surface area contributed by atoms with Gasteiger partial charge in [-0.2, -0.15) is 0 Å². The molecule has 0 spiro atoms. The summed E-state index contributed by atoms with van der Waals surface area (Å²) in [5.74, 6) is 0. The first-order valence-corrected chi connectivity index (χ1v) is 8.47. The molecule has 1 aromatic rings. The maximum Gasteiger partial charge on any atom is 0.240 e. The number of nitrogens with zero attached hydrogens (tertiary/aromatic N) is 2. The Morgan fingerprint density at radius 1 is 1.19 bits per heavy atom. The number of hydrogen-bond acceptors (Lipinski definition) is 6. The van der Waals surface area contributed by atoms with E-state index in [0.717, 1.165) is 38.3 Å². The maximum atomic E-state index is 11.4. The van der Waals surface area contributed by atoms with Crippen molar-refractivity contribution < 1.29 is 13.5 Å². The van der Waals surface area contributed by atoms with Crippen LogP contribution in [-0.2, 0) is 10.0 Å². The van der Waals surface area contributed by atoms with E-state index >= 15 is 0 Å². The highest BCUT2D eigenvalue weighted by molar-refractivity contribution is 7.89. The first-order chi connectivity index (χ1) is 9.91. The predicted octanol–water partition coefficient (Wildman–Crippen LogP) is -0.579. The van der Waals surface area contributed by atoms with Crippen LogP contribution in [0.25, 0.3) is 0 Å². The third-order valence-electron chi connectivity index (χ3n) is 3.67. The fraction of sp³-hybridized carbons (Fsp3) is 0.538. The summed E-state index contributed by atoms with van der Waals surface area (Å²) in [6.45, 7) is 4.33. The minimum atomic E-state index is -3.78. The van der Waals surface area contributed by atoms with E-state index in [9.17, 15) is 8.42 Å². The molecule has 1 aliphatic heterocycles. The largest absolute Gasteiger partial charge is 0.398 e. The van der Waals surface area contributed by atoms with Crippen molar-refractivity contribution in [3.05, 3.63) is 18.2 Å². The van der Waals surface area contributed by atoms with Crippen molar-refractivity contribution in [2.75, 3.05) is 50.0 Å². The summed E-state index contributed by atoms with van der Waals surface area (Å²) in [7, 11) is -3.78. The number of sulfonamides is 1. The highest BCUT2D eigenvalue weighted by Gasteiger charge is 2.17. The molecule has 0 saturated carbocycles. The van der Waals surface area contributed by atoms with E-state index < -0.39 is 10.0 Å². The molecule has 1 aliphatic rings. The van der Waals surface area contributed by atoms with E-state index in [2.05, 4.69) is 9.80 Å². The third kappa shape index (κ3) is 4.07. The summed E-state index contributed by atoms with van der Waals surface area (Å²) < 4.78 is 22.7. The van der Waals surface area contributed by atoms with Gasteiger partial charge in [-0.1, -0.05) is 0 Å². The summed E-state index contributed by atoms with van der Waals surface area (Å²) in [5, 5.41) is 14.1. The molecule has 5 N–H and O–H groups in total. The average molecular weight is 314 g/mol. The third-order valence-corrected chi connectivity index (χ3v) is 4.65. The normalized spacial score (nSPS) is 17.7. The Balaban J connectivity index is 2.14. The van der Waals surface area contributed by atoms with E-state index in [-0.39, 0.29) is 17.2 Å². The van der Waals surface area contributed by atoms with Crippen LogP contribution in [0, 0.1) is 0 Å². The van der Waals surface area contributed by atoms with E-state index in [1.54, 1.807) is 12.1 Å². The van der Waals surface area contributed by atoms with Gasteiger partial charge in [0.1, 0.15) is 4.90 Å². The number of primary sulfonamides is 1. The lowest BCUT2D eigenvalue weighted by Crippen LogP contribution is -2.32. The summed E-state index contributed by atoms with van der Waals surface area (Å²) in [5.41, 5.74) is 6.87. The second-order valence-electron chi connectivity index (χ2n) is 5.17. The predicted molar refractivity (Wildman–Crippen MR) is 82.6 cm³/mol. The highest BCUT2D eigenvalue weighted by Crippen LogP contribution is 2.25. The molecule has 8 heteroatoms. The van der Waals surface area contributed by atoms with Gasteiger partial charge in [-0.25, -0.2) is 13.6 Å². The molecule has 0 radical (unpaired) electrons. The Morgan fingerprint density at radius 3 is 2.57 bits per heavy atom. The molecular weight excluding hydrogens is 292 g/mol.